The van der Waals surface area contributed by atoms with Crippen LogP contribution in [0.25, 0.3) is 0 Å². The maximum Gasteiger partial charge on any atom is 0.122 e. The molecule has 0 amide bonds. The van der Waals surface area contributed by atoms with E-state index in [-0.39, 0.29) is 11.6 Å². The highest BCUT2D eigenvalue weighted by Gasteiger charge is 2.33. The third kappa shape index (κ3) is 3.28. The van der Waals surface area contributed by atoms with Gasteiger partial charge in [-0.25, -0.2) is 0 Å². The van der Waals surface area contributed by atoms with Crippen LogP contribution in [0.1, 0.15) is 44.9 Å². The highest BCUT2D eigenvalue weighted by Crippen LogP contribution is 2.31. The minimum atomic E-state index is 0.0518. The Balaban J connectivity index is 2.16. The molecule has 0 saturated carbocycles. The van der Waals surface area contributed by atoms with E-state index in [9.17, 15) is 0 Å². The Kier molecular flexibility index (Phi) is 4.16. The van der Waals surface area contributed by atoms with Crippen LogP contribution in [0.15, 0.2) is 18.2 Å². The first-order valence-corrected chi connectivity index (χ1v) is 7.05. The molecule has 1 N–H and O–H groups in total. The Bertz CT molecular complexity index is 442. The lowest BCUT2D eigenvalue weighted by molar-refractivity contribution is -0.0496. The van der Waals surface area contributed by atoms with E-state index in [1.165, 1.54) is 11.1 Å². The van der Waals surface area contributed by atoms with Crippen LogP contribution in [0.4, 0.5) is 0 Å². The minimum absolute atomic E-state index is 0.0518. The van der Waals surface area contributed by atoms with E-state index in [2.05, 4.69) is 45.1 Å². The lowest BCUT2D eigenvalue weighted by atomic mass is 9.95. The van der Waals surface area contributed by atoms with Gasteiger partial charge in [0.05, 0.1) is 19.3 Å². The molecule has 1 aromatic rings. The third-order valence-corrected chi connectivity index (χ3v) is 3.52. The van der Waals surface area contributed by atoms with Crippen molar-refractivity contribution in [1.82, 2.24) is 5.32 Å². The van der Waals surface area contributed by atoms with Gasteiger partial charge >= 0.3 is 0 Å². The maximum atomic E-state index is 6.04. The molecule has 2 unspecified atom stereocenters. The van der Waals surface area contributed by atoms with Crippen LogP contribution in [-0.2, 0) is 4.74 Å². The lowest BCUT2D eigenvalue weighted by Gasteiger charge is -2.41. The van der Waals surface area contributed by atoms with Gasteiger partial charge in [-0.3, -0.25) is 0 Å². The summed E-state index contributed by atoms with van der Waals surface area (Å²) in [4.78, 5) is 0. The zero-order valence-corrected chi connectivity index (χ0v) is 12.6. The predicted octanol–water partition coefficient (Wildman–Crippen LogP) is 3.22. The van der Waals surface area contributed by atoms with Gasteiger partial charge in [0.25, 0.3) is 0 Å². The predicted molar refractivity (Wildman–Crippen MR) is 77.7 cm³/mol. The fourth-order valence-electron chi connectivity index (χ4n) is 2.73. The molecule has 0 aliphatic carbocycles. The van der Waals surface area contributed by atoms with Crippen molar-refractivity contribution in [3.8, 4) is 5.75 Å². The molecule has 0 aromatic heterocycles. The van der Waals surface area contributed by atoms with Gasteiger partial charge in [0.2, 0.25) is 0 Å². The summed E-state index contributed by atoms with van der Waals surface area (Å²) in [6.45, 7) is 12.0. The number of nitrogens with one attached hydrogen (secondary N) is 1. The molecule has 2 rings (SSSR count). The second-order valence-electron chi connectivity index (χ2n) is 6.01. The van der Waals surface area contributed by atoms with E-state index in [0.717, 1.165) is 12.4 Å². The third-order valence-electron chi connectivity index (χ3n) is 3.52. The number of hydrogen-bond acceptors (Lipinski definition) is 3. The Hall–Kier alpha value is -1.06. The van der Waals surface area contributed by atoms with E-state index in [1.807, 2.05) is 13.0 Å². The molecule has 1 aromatic carbocycles. The number of ether oxygens (including phenoxy) is 2. The highest BCUT2D eigenvalue weighted by molar-refractivity contribution is 5.37. The van der Waals surface area contributed by atoms with Crippen LogP contribution in [0.5, 0.6) is 5.75 Å². The number of rotatable bonds is 3. The first-order valence-electron chi connectivity index (χ1n) is 7.05. The summed E-state index contributed by atoms with van der Waals surface area (Å²) in [6.07, 6.45) is 0.113. The molecule has 19 heavy (non-hydrogen) atoms. The van der Waals surface area contributed by atoms with Gasteiger partial charge in [0.1, 0.15) is 5.75 Å². The molecule has 1 aliphatic rings. The standard InChI is InChI=1S/C16H25NO2/c1-6-18-14-8-7-13(9-11(14)2)15-12(3)17-16(4,5)10-19-15/h7-9,12,15,17H,6,10H2,1-5H3. The fraction of sp³-hybridized carbons (Fsp3) is 0.625. The summed E-state index contributed by atoms with van der Waals surface area (Å²) in [5.41, 5.74) is 2.44. The largest absolute Gasteiger partial charge is 0.494 e. The molecule has 1 saturated heterocycles. The van der Waals surface area contributed by atoms with Gasteiger partial charge in [0.15, 0.2) is 0 Å². The molecule has 1 heterocycles. The van der Waals surface area contributed by atoms with Gasteiger partial charge in [-0.1, -0.05) is 6.07 Å². The van der Waals surface area contributed by atoms with E-state index in [0.29, 0.717) is 12.6 Å². The average Bonchev–Trinajstić information content (AvgIpc) is 2.31. The van der Waals surface area contributed by atoms with Gasteiger partial charge in [0, 0.05) is 11.6 Å². The van der Waals surface area contributed by atoms with Crippen LogP contribution < -0.4 is 10.1 Å². The van der Waals surface area contributed by atoms with Gasteiger partial charge in [-0.05, 0) is 57.9 Å². The normalized spacial score (nSPS) is 26.2. The molecule has 0 spiro atoms. The van der Waals surface area contributed by atoms with E-state index in [1.54, 1.807) is 0 Å². The van der Waals surface area contributed by atoms with Crippen molar-refractivity contribution in [3.63, 3.8) is 0 Å². The first kappa shape index (κ1) is 14.4. The summed E-state index contributed by atoms with van der Waals surface area (Å²) < 4.78 is 11.6. The molecule has 1 aliphatic heterocycles. The molecule has 3 nitrogen and oxygen atoms in total. The van der Waals surface area contributed by atoms with Gasteiger partial charge in [-0.15, -0.1) is 0 Å². The number of aryl methyl sites for hydroxylation is 1. The maximum absolute atomic E-state index is 6.04. The Morgan fingerprint density at radius 2 is 2.16 bits per heavy atom. The number of benzene rings is 1. The van der Waals surface area contributed by atoms with E-state index >= 15 is 0 Å². The number of hydrogen-bond donors (Lipinski definition) is 1. The summed E-state index contributed by atoms with van der Waals surface area (Å²) in [5.74, 6) is 0.961. The van der Waals surface area contributed by atoms with Crippen LogP contribution >= 0.6 is 0 Å². The SMILES string of the molecule is CCOc1ccc(C2OCC(C)(C)NC2C)cc1C. The molecular formula is C16H25NO2. The van der Waals surface area contributed by atoms with Crippen LogP contribution in [0.3, 0.4) is 0 Å². The molecule has 2 atom stereocenters. The molecule has 0 bridgehead atoms. The summed E-state index contributed by atoms with van der Waals surface area (Å²) in [7, 11) is 0. The molecule has 106 valence electrons. The molecule has 0 radical (unpaired) electrons. The molecule has 1 fully saturated rings. The smallest absolute Gasteiger partial charge is 0.122 e. The summed E-state index contributed by atoms with van der Waals surface area (Å²) >= 11 is 0. The van der Waals surface area contributed by atoms with Crippen molar-refractivity contribution >= 4 is 0 Å². The van der Waals surface area contributed by atoms with Crippen molar-refractivity contribution in [3.05, 3.63) is 29.3 Å². The molecule has 3 heteroatoms. The van der Waals surface area contributed by atoms with E-state index < -0.39 is 0 Å². The topological polar surface area (TPSA) is 30.5 Å². The average molecular weight is 263 g/mol. The second-order valence-corrected chi connectivity index (χ2v) is 6.01. The van der Waals surface area contributed by atoms with Gasteiger partial charge in [-0.2, -0.15) is 0 Å². The Morgan fingerprint density at radius 1 is 1.42 bits per heavy atom. The summed E-state index contributed by atoms with van der Waals surface area (Å²) in [5, 5.41) is 3.61. The minimum Gasteiger partial charge on any atom is -0.494 e. The van der Waals surface area contributed by atoms with Crippen LogP contribution in [0.2, 0.25) is 0 Å². The van der Waals surface area contributed by atoms with E-state index in [4.69, 9.17) is 9.47 Å². The zero-order valence-electron chi connectivity index (χ0n) is 12.6. The Morgan fingerprint density at radius 3 is 2.74 bits per heavy atom. The zero-order chi connectivity index (χ0) is 14.0. The van der Waals surface area contributed by atoms with Crippen molar-refractivity contribution < 1.29 is 9.47 Å². The van der Waals surface area contributed by atoms with Crippen LogP contribution in [-0.4, -0.2) is 24.8 Å². The van der Waals surface area contributed by atoms with Crippen molar-refractivity contribution in [2.24, 2.45) is 0 Å². The van der Waals surface area contributed by atoms with Crippen molar-refractivity contribution in [1.29, 1.82) is 0 Å². The Labute approximate surface area is 116 Å². The fourth-order valence-corrected chi connectivity index (χ4v) is 2.73. The first-order chi connectivity index (χ1) is 8.93. The van der Waals surface area contributed by atoms with Crippen molar-refractivity contribution in [2.75, 3.05) is 13.2 Å². The number of morpholine rings is 1. The van der Waals surface area contributed by atoms with Crippen molar-refractivity contribution in [2.45, 2.75) is 52.3 Å². The quantitative estimate of drug-likeness (QED) is 0.908. The second kappa shape index (κ2) is 5.51. The monoisotopic (exact) mass is 263 g/mol. The van der Waals surface area contributed by atoms with Gasteiger partial charge < -0.3 is 14.8 Å². The highest BCUT2D eigenvalue weighted by atomic mass is 16.5. The van der Waals surface area contributed by atoms with Crippen LogP contribution in [0, 0.1) is 6.92 Å². The summed E-state index contributed by atoms with van der Waals surface area (Å²) in [6, 6.07) is 6.64. The lowest BCUT2D eigenvalue weighted by Crippen LogP contribution is -2.55. The molecular weight excluding hydrogens is 238 g/mol.